The van der Waals surface area contributed by atoms with E-state index in [1.165, 1.54) is 0 Å². The third kappa shape index (κ3) is 4.15. The quantitative estimate of drug-likeness (QED) is 0.391. The van der Waals surface area contributed by atoms with Gasteiger partial charge in [-0.3, -0.25) is 4.79 Å². The van der Waals surface area contributed by atoms with E-state index in [0.29, 0.717) is 18.9 Å². The lowest BCUT2D eigenvalue weighted by Gasteiger charge is -2.53. The van der Waals surface area contributed by atoms with Crippen LogP contribution in [0.2, 0.25) is 0 Å². The Morgan fingerprint density at radius 1 is 1.36 bits per heavy atom. The molecule has 0 aromatic rings. The van der Waals surface area contributed by atoms with E-state index in [-0.39, 0.29) is 27.8 Å². The number of fused-ring (bicyclic) bond motifs is 2. The summed E-state index contributed by atoms with van der Waals surface area (Å²) in [6, 6.07) is 0. The van der Waals surface area contributed by atoms with E-state index in [1.807, 2.05) is 13.8 Å². The molecule has 2 rings (SSSR count). The Bertz CT molecular complexity index is 402. The number of alkyl halides is 1. The molecular formula is C17H29IO4. The molecule has 2 aliphatic rings. The molecule has 2 aliphatic carbocycles. The number of halogens is 1. The van der Waals surface area contributed by atoms with E-state index in [2.05, 4.69) is 22.6 Å². The van der Waals surface area contributed by atoms with Crippen molar-refractivity contribution in [2.24, 2.45) is 17.3 Å². The maximum atomic E-state index is 12.0. The summed E-state index contributed by atoms with van der Waals surface area (Å²) >= 11 is 2.12. The van der Waals surface area contributed by atoms with E-state index < -0.39 is 5.60 Å². The third-order valence-corrected chi connectivity index (χ3v) is 6.92. The first-order valence-electron chi connectivity index (χ1n) is 8.49. The Balaban J connectivity index is 2.10. The minimum atomic E-state index is -0.635. The molecule has 22 heavy (non-hydrogen) atoms. The van der Waals surface area contributed by atoms with Gasteiger partial charge in [0.15, 0.2) is 0 Å². The van der Waals surface area contributed by atoms with Crippen LogP contribution < -0.4 is 0 Å². The van der Waals surface area contributed by atoms with Crippen LogP contribution in [0.25, 0.3) is 0 Å². The van der Waals surface area contributed by atoms with E-state index in [9.17, 15) is 15.0 Å². The van der Waals surface area contributed by atoms with Crippen molar-refractivity contribution < 1.29 is 19.7 Å². The Morgan fingerprint density at radius 2 is 2.09 bits per heavy atom. The molecule has 5 atom stereocenters. The van der Waals surface area contributed by atoms with E-state index in [1.54, 1.807) is 0 Å². The molecule has 0 aromatic heterocycles. The van der Waals surface area contributed by atoms with Crippen LogP contribution in [0.1, 0.15) is 58.8 Å². The molecule has 4 nitrogen and oxygen atoms in total. The van der Waals surface area contributed by atoms with E-state index >= 15 is 0 Å². The highest BCUT2D eigenvalue weighted by Gasteiger charge is 2.51. The predicted octanol–water partition coefficient (Wildman–Crippen LogP) is 3.07. The summed E-state index contributed by atoms with van der Waals surface area (Å²) < 4.78 is 5.50. The van der Waals surface area contributed by atoms with Crippen LogP contribution in [0.5, 0.6) is 0 Å². The molecule has 2 N–H and O–H groups in total. The first-order valence-corrected chi connectivity index (χ1v) is 9.74. The van der Waals surface area contributed by atoms with Gasteiger partial charge in [0.25, 0.3) is 0 Å². The van der Waals surface area contributed by atoms with Crippen molar-refractivity contribution in [1.82, 2.24) is 0 Å². The van der Waals surface area contributed by atoms with Gasteiger partial charge in [0.05, 0.1) is 12.2 Å². The summed E-state index contributed by atoms with van der Waals surface area (Å²) in [7, 11) is 0. The van der Waals surface area contributed by atoms with Gasteiger partial charge in [-0.15, -0.1) is 0 Å². The second-order valence-electron chi connectivity index (χ2n) is 7.50. The summed E-state index contributed by atoms with van der Waals surface area (Å²) in [5.41, 5.74) is -0.788. The lowest BCUT2D eigenvalue weighted by Crippen LogP contribution is -2.51. The molecule has 0 saturated heterocycles. The van der Waals surface area contributed by atoms with Crippen LogP contribution >= 0.6 is 22.6 Å². The highest BCUT2D eigenvalue weighted by atomic mass is 127. The highest BCUT2D eigenvalue weighted by molar-refractivity contribution is 14.1. The van der Waals surface area contributed by atoms with Crippen LogP contribution in [-0.4, -0.2) is 38.9 Å². The molecule has 0 aliphatic heterocycles. The molecule has 128 valence electrons. The second kappa shape index (κ2) is 7.34. The van der Waals surface area contributed by atoms with E-state index in [0.717, 1.165) is 38.5 Å². The molecule has 2 bridgehead atoms. The molecule has 5 heteroatoms. The molecular weight excluding hydrogens is 395 g/mol. The van der Waals surface area contributed by atoms with Crippen molar-refractivity contribution >= 4 is 28.6 Å². The Hall–Kier alpha value is 0.120. The summed E-state index contributed by atoms with van der Waals surface area (Å²) in [6.07, 6.45) is 5.87. The van der Waals surface area contributed by atoms with Crippen molar-refractivity contribution in [3.63, 3.8) is 0 Å². The van der Waals surface area contributed by atoms with Crippen molar-refractivity contribution in [2.45, 2.75) is 68.3 Å². The lowest BCUT2D eigenvalue weighted by atomic mass is 9.55. The summed E-state index contributed by atoms with van der Waals surface area (Å²) in [5.74, 6) is 0.566. The predicted molar refractivity (Wildman–Crippen MR) is 93.9 cm³/mol. The molecule has 0 heterocycles. The van der Waals surface area contributed by atoms with Crippen molar-refractivity contribution in [3.8, 4) is 0 Å². The molecule has 0 radical (unpaired) electrons. The fourth-order valence-electron chi connectivity index (χ4n) is 4.61. The molecule has 0 aromatic carbocycles. The van der Waals surface area contributed by atoms with Gasteiger partial charge in [-0.05, 0) is 56.8 Å². The zero-order chi connectivity index (χ0) is 16.4. The van der Waals surface area contributed by atoms with Gasteiger partial charge in [-0.25, -0.2) is 0 Å². The number of hydrogen-bond acceptors (Lipinski definition) is 4. The summed E-state index contributed by atoms with van der Waals surface area (Å²) in [6.45, 7) is 4.59. The van der Waals surface area contributed by atoms with Gasteiger partial charge >= 0.3 is 5.97 Å². The van der Waals surface area contributed by atoms with Crippen molar-refractivity contribution in [3.05, 3.63) is 0 Å². The SMILES string of the molecule is CCC(I)C(=O)OC[C@@]12CC(CO)CC(CC(O)(CC)C1)C2. The zero-order valence-electron chi connectivity index (χ0n) is 13.7. The van der Waals surface area contributed by atoms with Gasteiger partial charge in [0, 0.05) is 12.0 Å². The summed E-state index contributed by atoms with van der Waals surface area (Å²) in [4.78, 5) is 12.0. The van der Waals surface area contributed by atoms with Crippen molar-refractivity contribution in [1.29, 1.82) is 0 Å². The number of hydrogen-bond donors (Lipinski definition) is 2. The van der Waals surface area contributed by atoms with Gasteiger partial charge in [0.1, 0.15) is 3.92 Å². The van der Waals surface area contributed by atoms with Gasteiger partial charge in [0.2, 0.25) is 0 Å². The average Bonchev–Trinajstić information content (AvgIpc) is 2.50. The van der Waals surface area contributed by atoms with Crippen LogP contribution in [0.4, 0.5) is 0 Å². The number of aliphatic hydroxyl groups is 2. The van der Waals surface area contributed by atoms with Crippen LogP contribution in [0.15, 0.2) is 0 Å². The maximum absolute atomic E-state index is 12.0. The van der Waals surface area contributed by atoms with Gasteiger partial charge in [-0.2, -0.15) is 0 Å². The number of aliphatic hydroxyl groups excluding tert-OH is 1. The Labute approximate surface area is 147 Å². The number of carbonyl (C=O) groups is 1. The van der Waals surface area contributed by atoms with Crippen LogP contribution in [0.3, 0.4) is 0 Å². The largest absolute Gasteiger partial charge is 0.464 e. The molecule has 2 saturated carbocycles. The highest BCUT2D eigenvalue weighted by Crippen LogP contribution is 2.55. The first-order chi connectivity index (χ1) is 10.4. The van der Waals surface area contributed by atoms with E-state index in [4.69, 9.17) is 4.74 Å². The summed E-state index contributed by atoms with van der Waals surface area (Å²) in [5, 5.41) is 20.4. The molecule has 0 amide bonds. The fourth-order valence-corrected chi connectivity index (χ4v) is 4.79. The number of esters is 1. The number of rotatable bonds is 6. The van der Waals surface area contributed by atoms with Gasteiger partial charge in [-0.1, -0.05) is 36.4 Å². The average molecular weight is 424 g/mol. The number of ether oxygens (including phenoxy) is 1. The minimum Gasteiger partial charge on any atom is -0.464 e. The third-order valence-electron chi connectivity index (χ3n) is 5.53. The normalized spacial score (nSPS) is 39.3. The standard InChI is InChI=1S/C17H29IO4/c1-3-14(18)15(20)22-11-16-6-12(5-13(7-16)9-19)8-17(21,4-2)10-16/h12-14,19,21H,3-11H2,1-2H3/t12?,13?,14?,16-,17?/m0/s1. The molecule has 2 fully saturated rings. The van der Waals surface area contributed by atoms with Gasteiger partial charge < -0.3 is 14.9 Å². The topological polar surface area (TPSA) is 66.8 Å². The Kier molecular flexibility index (Phi) is 6.16. The van der Waals surface area contributed by atoms with Crippen LogP contribution in [0, 0.1) is 17.3 Å². The monoisotopic (exact) mass is 424 g/mol. The van der Waals surface area contributed by atoms with Crippen LogP contribution in [-0.2, 0) is 9.53 Å². The smallest absolute Gasteiger partial charge is 0.318 e. The Morgan fingerprint density at radius 3 is 2.68 bits per heavy atom. The fraction of sp³-hybridized carbons (Fsp3) is 0.941. The lowest BCUT2D eigenvalue weighted by molar-refractivity contribution is -0.160. The first kappa shape index (κ1) is 18.5. The maximum Gasteiger partial charge on any atom is 0.318 e. The number of carbonyl (C=O) groups excluding carboxylic acids is 1. The van der Waals surface area contributed by atoms with Crippen molar-refractivity contribution in [2.75, 3.05) is 13.2 Å². The molecule has 4 unspecified atom stereocenters. The molecule has 0 spiro atoms. The zero-order valence-corrected chi connectivity index (χ0v) is 15.8. The second-order valence-corrected chi connectivity index (χ2v) is 9.00. The minimum absolute atomic E-state index is 0.101.